The van der Waals surface area contributed by atoms with Gasteiger partial charge in [-0.2, -0.15) is 0 Å². The smallest absolute Gasteiger partial charge is 0.174 e. The van der Waals surface area contributed by atoms with Gasteiger partial charge in [0.05, 0.1) is 10.8 Å². The second-order valence-corrected chi connectivity index (χ2v) is 10.8. The minimum Gasteiger partial charge on any atom is -0.354 e. The standard InChI is InChI=1S/C28H18NOP/c30-31(18-10-2-1-3-11-18)24-17-9-7-15-22(24)26-20-13-5-4-12-19(20)25-21-14-6-8-16-23(21)29-27(25)28(26)31/h1-17,29H. The third kappa shape index (κ3) is 2.06. The van der Waals surface area contributed by atoms with Gasteiger partial charge in [-0.3, -0.25) is 0 Å². The lowest BCUT2D eigenvalue weighted by Crippen LogP contribution is -2.21. The average molecular weight is 415 g/mol. The lowest BCUT2D eigenvalue weighted by atomic mass is 9.95. The highest BCUT2D eigenvalue weighted by Gasteiger charge is 2.43. The Hall–Kier alpha value is -3.61. The molecule has 0 saturated carbocycles. The molecule has 6 aromatic rings. The van der Waals surface area contributed by atoms with Crippen LogP contribution >= 0.6 is 7.14 Å². The highest BCUT2D eigenvalue weighted by molar-refractivity contribution is 7.86. The molecule has 31 heavy (non-hydrogen) atoms. The lowest BCUT2D eigenvalue weighted by Gasteiger charge is -2.17. The van der Waals surface area contributed by atoms with Crippen molar-refractivity contribution in [3.05, 3.63) is 103 Å². The average Bonchev–Trinajstić information content (AvgIpc) is 3.35. The van der Waals surface area contributed by atoms with E-state index in [4.69, 9.17) is 0 Å². The van der Waals surface area contributed by atoms with Gasteiger partial charge in [0.1, 0.15) is 0 Å². The maximum atomic E-state index is 15.2. The maximum Gasteiger partial charge on any atom is 0.174 e. The first-order valence-electron chi connectivity index (χ1n) is 10.5. The van der Waals surface area contributed by atoms with Crippen molar-refractivity contribution in [1.29, 1.82) is 0 Å². The minimum absolute atomic E-state index is 0.886. The second kappa shape index (κ2) is 5.97. The molecule has 3 heteroatoms. The number of benzene rings is 5. The van der Waals surface area contributed by atoms with Gasteiger partial charge in [0.25, 0.3) is 0 Å². The van der Waals surface area contributed by atoms with Crippen LogP contribution in [0.5, 0.6) is 0 Å². The summed E-state index contributed by atoms with van der Waals surface area (Å²) < 4.78 is 15.2. The fraction of sp³-hybridized carbons (Fsp3) is 0. The lowest BCUT2D eigenvalue weighted by molar-refractivity contribution is 0.593. The Bertz CT molecular complexity index is 1710. The SMILES string of the molecule is O=P1(c2ccccc2)c2ccccc2-c2c1c1[nH]c3ccccc3c1c1ccccc21. The molecule has 0 saturated heterocycles. The highest BCUT2D eigenvalue weighted by atomic mass is 31.2. The van der Waals surface area contributed by atoms with Crippen LogP contribution in [0.4, 0.5) is 0 Å². The molecule has 146 valence electrons. The zero-order valence-corrected chi connectivity index (χ0v) is 17.6. The molecule has 1 aromatic heterocycles. The Morgan fingerprint density at radius 3 is 2.10 bits per heavy atom. The van der Waals surface area contributed by atoms with Gasteiger partial charge >= 0.3 is 0 Å². The Labute approximate surface area is 179 Å². The van der Waals surface area contributed by atoms with Crippen LogP contribution in [-0.2, 0) is 4.57 Å². The molecule has 0 amide bonds. The topological polar surface area (TPSA) is 32.9 Å². The largest absolute Gasteiger partial charge is 0.354 e. The first kappa shape index (κ1) is 17.1. The van der Waals surface area contributed by atoms with Crippen LogP contribution < -0.4 is 15.9 Å². The molecule has 0 fully saturated rings. The quantitative estimate of drug-likeness (QED) is 0.323. The van der Waals surface area contributed by atoms with Crippen molar-refractivity contribution in [3.63, 3.8) is 0 Å². The van der Waals surface area contributed by atoms with Crippen molar-refractivity contribution in [2.24, 2.45) is 0 Å². The Morgan fingerprint density at radius 2 is 1.26 bits per heavy atom. The van der Waals surface area contributed by atoms with E-state index in [1.54, 1.807) is 0 Å². The third-order valence-electron chi connectivity index (χ3n) is 6.59. The van der Waals surface area contributed by atoms with Crippen LogP contribution in [0.1, 0.15) is 0 Å². The summed E-state index contributed by atoms with van der Waals surface area (Å²) in [5, 5.41) is 7.47. The van der Waals surface area contributed by atoms with E-state index in [-0.39, 0.29) is 0 Å². The summed E-state index contributed by atoms with van der Waals surface area (Å²) in [5.74, 6) is 0. The summed E-state index contributed by atoms with van der Waals surface area (Å²) in [6.07, 6.45) is 0. The molecule has 1 aliphatic heterocycles. The number of aromatic nitrogens is 1. The molecule has 0 bridgehead atoms. The molecular formula is C28H18NOP. The Morgan fingerprint density at radius 1 is 0.613 bits per heavy atom. The number of para-hydroxylation sites is 1. The van der Waals surface area contributed by atoms with Gasteiger partial charge < -0.3 is 9.55 Å². The van der Waals surface area contributed by atoms with Crippen molar-refractivity contribution >= 4 is 55.6 Å². The molecule has 5 aromatic carbocycles. The van der Waals surface area contributed by atoms with Gasteiger partial charge in [0.15, 0.2) is 7.14 Å². The second-order valence-electron chi connectivity index (χ2n) is 8.15. The van der Waals surface area contributed by atoms with E-state index in [1.165, 1.54) is 10.8 Å². The van der Waals surface area contributed by atoms with Gasteiger partial charge in [-0.25, -0.2) is 0 Å². The molecule has 0 radical (unpaired) electrons. The van der Waals surface area contributed by atoms with Gasteiger partial charge in [0, 0.05) is 32.5 Å². The van der Waals surface area contributed by atoms with E-state index >= 15 is 4.57 Å². The Kier molecular flexibility index (Phi) is 3.29. The van der Waals surface area contributed by atoms with Crippen LogP contribution in [0.15, 0.2) is 103 Å². The van der Waals surface area contributed by atoms with Gasteiger partial charge in [0.2, 0.25) is 0 Å². The first-order chi connectivity index (χ1) is 15.3. The number of H-pyrrole nitrogens is 1. The highest BCUT2D eigenvalue weighted by Crippen LogP contribution is 2.56. The van der Waals surface area contributed by atoms with Crippen LogP contribution in [0.25, 0.3) is 43.7 Å². The van der Waals surface area contributed by atoms with Crippen LogP contribution in [-0.4, -0.2) is 4.98 Å². The van der Waals surface area contributed by atoms with Crippen LogP contribution in [0.3, 0.4) is 0 Å². The van der Waals surface area contributed by atoms with Crippen molar-refractivity contribution in [3.8, 4) is 11.1 Å². The van der Waals surface area contributed by atoms with Crippen molar-refractivity contribution in [2.75, 3.05) is 0 Å². The van der Waals surface area contributed by atoms with Gasteiger partial charge in [-0.15, -0.1) is 0 Å². The fourth-order valence-corrected chi connectivity index (χ4v) is 8.57. The van der Waals surface area contributed by atoms with Crippen molar-refractivity contribution in [2.45, 2.75) is 0 Å². The predicted octanol–water partition coefficient (Wildman–Crippen LogP) is 6.09. The maximum absolute atomic E-state index is 15.2. The number of fused-ring (bicyclic) bond motifs is 10. The summed E-state index contributed by atoms with van der Waals surface area (Å²) in [7, 11) is -3.04. The number of hydrogen-bond acceptors (Lipinski definition) is 1. The van der Waals surface area contributed by atoms with E-state index < -0.39 is 7.14 Å². The summed E-state index contributed by atoms with van der Waals surface area (Å²) >= 11 is 0. The molecule has 0 spiro atoms. The molecule has 2 heterocycles. The molecule has 1 N–H and O–H groups in total. The summed E-state index contributed by atoms with van der Waals surface area (Å²) in [4.78, 5) is 3.66. The predicted molar refractivity (Wildman–Crippen MR) is 132 cm³/mol. The minimum atomic E-state index is -3.04. The monoisotopic (exact) mass is 415 g/mol. The van der Waals surface area contributed by atoms with Crippen molar-refractivity contribution < 1.29 is 4.57 Å². The Balaban J connectivity index is 1.81. The molecule has 0 aliphatic carbocycles. The summed E-state index contributed by atoms with van der Waals surface area (Å²) in [6, 6.07) is 35.1. The van der Waals surface area contributed by atoms with E-state index in [0.717, 1.165) is 48.8 Å². The van der Waals surface area contributed by atoms with Crippen LogP contribution in [0, 0.1) is 0 Å². The molecule has 7 rings (SSSR count). The van der Waals surface area contributed by atoms with E-state index in [9.17, 15) is 0 Å². The number of nitrogens with one attached hydrogen (secondary N) is 1. The first-order valence-corrected chi connectivity index (χ1v) is 12.2. The molecule has 1 unspecified atom stereocenters. The molecule has 2 nitrogen and oxygen atoms in total. The summed E-state index contributed by atoms with van der Waals surface area (Å²) in [5.41, 5.74) is 4.27. The third-order valence-corrected chi connectivity index (χ3v) is 9.76. The van der Waals surface area contributed by atoms with Gasteiger partial charge in [-0.1, -0.05) is 97.1 Å². The number of aromatic amines is 1. The number of rotatable bonds is 1. The number of hydrogen-bond donors (Lipinski definition) is 1. The van der Waals surface area contributed by atoms with E-state index in [1.807, 2.05) is 54.6 Å². The summed E-state index contributed by atoms with van der Waals surface area (Å²) in [6.45, 7) is 0. The zero-order chi connectivity index (χ0) is 20.6. The fourth-order valence-electron chi connectivity index (χ4n) is 5.34. The van der Waals surface area contributed by atoms with Gasteiger partial charge in [-0.05, 0) is 22.4 Å². The zero-order valence-electron chi connectivity index (χ0n) is 16.7. The van der Waals surface area contributed by atoms with Crippen LogP contribution in [0.2, 0.25) is 0 Å². The molecule has 1 atom stereocenters. The molecule has 1 aliphatic rings. The van der Waals surface area contributed by atoms with Crippen molar-refractivity contribution in [1.82, 2.24) is 4.98 Å². The molecular weight excluding hydrogens is 397 g/mol. The van der Waals surface area contributed by atoms with E-state index in [0.29, 0.717) is 0 Å². The normalized spacial score (nSPS) is 17.3. The van der Waals surface area contributed by atoms with E-state index in [2.05, 4.69) is 53.5 Å².